The SMILES string of the molecule is O=CC(F)(F)c1ccc(Cl)cc1. The molecule has 1 rings (SSSR count). The number of hydrogen-bond acceptors (Lipinski definition) is 1. The van der Waals surface area contributed by atoms with Gasteiger partial charge in [0.2, 0.25) is 0 Å². The van der Waals surface area contributed by atoms with Crippen molar-refractivity contribution in [2.24, 2.45) is 0 Å². The molecular weight excluding hydrogens is 186 g/mol. The number of rotatable bonds is 2. The van der Waals surface area contributed by atoms with E-state index >= 15 is 0 Å². The molecule has 4 heteroatoms. The Morgan fingerprint density at radius 2 is 1.75 bits per heavy atom. The molecular formula is C8H5ClF2O. The first-order valence-electron chi connectivity index (χ1n) is 3.16. The Hall–Kier alpha value is -0.960. The fraction of sp³-hybridized carbons (Fsp3) is 0.125. The maximum Gasteiger partial charge on any atom is 0.327 e. The predicted octanol–water partition coefficient (Wildman–Crippen LogP) is 2.63. The zero-order chi connectivity index (χ0) is 9.19. The number of hydrogen-bond donors (Lipinski definition) is 0. The van der Waals surface area contributed by atoms with Crippen molar-refractivity contribution in [1.82, 2.24) is 0 Å². The maximum atomic E-state index is 12.6. The molecule has 0 N–H and O–H groups in total. The van der Waals surface area contributed by atoms with E-state index in [0.29, 0.717) is 5.02 Å². The molecule has 1 nitrogen and oxygen atoms in total. The molecule has 64 valence electrons. The van der Waals surface area contributed by atoms with Crippen LogP contribution < -0.4 is 0 Å². The zero-order valence-electron chi connectivity index (χ0n) is 5.93. The molecule has 0 atom stereocenters. The summed E-state index contributed by atoms with van der Waals surface area (Å²) in [6, 6.07) is 4.87. The van der Waals surface area contributed by atoms with Gasteiger partial charge in [-0.3, -0.25) is 4.79 Å². The lowest BCUT2D eigenvalue weighted by Gasteiger charge is -2.07. The van der Waals surface area contributed by atoms with Crippen molar-refractivity contribution >= 4 is 17.9 Å². The average Bonchev–Trinajstić information content (AvgIpc) is 2.05. The van der Waals surface area contributed by atoms with Gasteiger partial charge in [-0.15, -0.1) is 0 Å². The van der Waals surface area contributed by atoms with E-state index < -0.39 is 12.2 Å². The summed E-state index contributed by atoms with van der Waals surface area (Å²) < 4.78 is 25.2. The second-order valence-electron chi connectivity index (χ2n) is 2.25. The summed E-state index contributed by atoms with van der Waals surface area (Å²) in [4.78, 5) is 9.93. The standard InChI is InChI=1S/C8H5ClF2O/c9-7-3-1-6(2-4-7)8(10,11)5-12/h1-5H. The van der Waals surface area contributed by atoms with Gasteiger partial charge < -0.3 is 0 Å². The first kappa shape index (κ1) is 9.13. The molecule has 0 aliphatic carbocycles. The molecule has 0 aromatic heterocycles. The van der Waals surface area contributed by atoms with Gasteiger partial charge in [0.1, 0.15) is 0 Å². The Balaban J connectivity index is 3.04. The van der Waals surface area contributed by atoms with Gasteiger partial charge in [0.05, 0.1) is 0 Å². The Kier molecular flexibility index (Phi) is 2.43. The monoisotopic (exact) mass is 190 g/mol. The Morgan fingerprint density at radius 3 is 2.17 bits per heavy atom. The molecule has 0 unspecified atom stereocenters. The van der Waals surface area contributed by atoms with Crippen LogP contribution in [0.4, 0.5) is 8.78 Å². The lowest BCUT2D eigenvalue weighted by molar-refractivity contribution is -0.130. The highest BCUT2D eigenvalue weighted by molar-refractivity contribution is 6.30. The Morgan fingerprint density at radius 1 is 1.25 bits per heavy atom. The second-order valence-corrected chi connectivity index (χ2v) is 2.68. The molecule has 12 heavy (non-hydrogen) atoms. The van der Waals surface area contributed by atoms with E-state index in [1.807, 2.05) is 0 Å². The van der Waals surface area contributed by atoms with E-state index in [1.165, 1.54) is 12.1 Å². The van der Waals surface area contributed by atoms with Crippen LogP contribution in [0.25, 0.3) is 0 Å². The zero-order valence-corrected chi connectivity index (χ0v) is 6.68. The average molecular weight is 191 g/mol. The molecule has 0 radical (unpaired) electrons. The van der Waals surface area contributed by atoms with Crippen LogP contribution in [-0.4, -0.2) is 6.29 Å². The molecule has 0 aliphatic rings. The predicted molar refractivity (Wildman–Crippen MR) is 41.4 cm³/mol. The van der Waals surface area contributed by atoms with Crippen molar-refractivity contribution in [2.75, 3.05) is 0 Å². The van der Waals surface area contributed by atoms with Crippen LogP contribution in [0.3, 0.4) is 0 Å². The molecule has 0 saturated carbocycles. The minimum absolute atomic E-state index is 0.345. The number of carbonyl (C=O) groups excluding carboxylic acids is 1. The van der Waals surface area contributed by atoms with Crippen LogP contribution in [0.1, 0.15) is 5.56 Å². The van der Waals surface area contributed by atoms with E-state index in [4.69, 9.17) is 11.6 Å². The van der Waals surface area contributed by atoms with Gasteiger partial charge in [0.25, 0.3) is 0 Å². The number of benzene rings is 1. The van der Waals surface area contributed by atoms with Gasteiger partial charge in [-0.05, 0) is 12.1 Å². The van der Waals surface area contributed by atoms with Crippen molar-refractivity contribution in [3.8, 4) is 0 Å². The minimum Gasteiger partial charge on any atom is -0.296 e. The molecule has 0 heterocycles. The van der Waals surface area contributed by atoms with Crippen molar-refractivity contribution in [2.45, 2.75) is 5.92 Å². The van der Waals surface area contributed by atoms with Gasteiger partial charge in [0, 0.05) is 10.6 Å². The third kappa shape index (κ3) is 1.80. The van der Waals surface area contributed by atoms with Gasteiger partial charge >= 0.3 is 5.92 Å². The van der Waals surface area contributed by atoms with Crippen molar-refractivity contribution < 1.29 is 13.6 Å². The van der Waals surface area contributed by atoms with Crippen LogP contribution in [0.15, 0.2) is 24.3 Å². The third-order valence-corrected chi connectivity index (χ3v) is 1.63. The highest BCUT2D eigenvalue weighted by Gasteiger charge is 2.30. The summed E-state index contributed by atoms with van der Waals surface area (Å²) in [7, 11) is 0. The summed E-state index contributed by atoms with van der Waals surface area (Å²) in [6.45, 7) is 0. The van der Waals surface area contributed by atoms with Crippen molar-refractivity contribution in [3.63, 3.8) is 0 Å². The smallest absolute Gasteiger partial charge is 0.296 e. The van der Waals surface area contributed by atoms with Crippen LogP contribution in [0, 0.1) is 0 Å². The Bertz CT molecular complexity index is 282. The number of aldehydes is 1. The minimum atomic E-state index is -3.41. The van der Waals surface area contributed by atoms with Crippen molar-refractivity contribution in [1.29, 1.82) is 0 Å². The summed E-state index contributed by atoms with van der Waals surface area (Å²) in [6.07, 6.45) is -0.393. The molecule has 1 aromatic rings. The lowest BCUT2D eigenvalue weighted by atomic mass is 10.1. The highest BCUT2D eigenvalue weighted by atomic mass is 35.5. The van der Waals surface area contributed by atoms with E-state index in [9.17, 15) is 13.6 Å². The highest BCUT2D eigenvalue weighted by Crippen LogP contribution is 2.26. The fourth-order valence-electron chi connectivity index (χ4n) is 0.740. The molecule has 0 bridgehead atoms. The van der Waals surface area contributed by atoms with Crippen LogP contribution in [0.5, 0.6) is 0 Å². The first-order valence-corrected chi connectivity index (χ1v) is 3.54. The Labute approximate surface area is 73.0 Å². The van der Waals surface area contributed by atoms with Gasteiger partial charge in [-0.1, -0.05) is 23.7 Å². The fourth-order valence-corrected chi connectivity index (χ4v) is 0.866. The number of alkyl halides is 2. The van der Waals surface area contributed by atoms with E-state index in [0.717, 1.165) is 12.1 Å². The van der Waals surface area contributed by atoms with E-state index in [1.54, 1.807) is 0 Å². The molecule has 0 fully saturated rings. The second kappa shape index (κ2) is 3.19. The van der Waals surface area contributed by atoms with Crippen LogP contribution >= 0.6 is 11.6 Å². The molecule has 0 saturated heterocycles. The molecule has 0 aliphatic heterocycles. The van der Waals surface area contributed by atoms with Crippen LogP contribution in [0.2, 0.25) is 5.02 Å². The quantitative estimate of drug-likeness (QED) is 0.656. The normalized spacial score (nSPS) is 11.2. The largest absolute Gasteiger partial charge is 0.327 e. The summed E-state index contributed by atoms with van der Waals surface area (Å²) in [5.74, 6) is -3.41. The first-order chi connectivity index (χ1) is 5.56. The maximum absolute atomic E-state index is 12.6. The summed E-state index contributed by atoms with van der Waals surface area (Å²) >= 11 is 5.47. The van der Waals surface area contributed by atoms with E-state index in [2.05, 4.69) is 0 Å². The molecule has 0 spiro atoms. The van der Waals surface area contributed by atoms with Crippen LogP contribution in [-0.2, 0) is 10.7 Å². The summed E-state index contributed by atoms with van der Waals surface area (Å²) in [5.41, 5.74) is -0.345. The van der Waals surface area contributed by atoms with Gasteiger partial charge in [-0.2, -0.15) is 8.78 Å². The van der Waals surface area contributed by atoms with Gasteiger partial charge in [-0.25, -0.2) is 0 Å². The molecule has 0 amide bonds. The lowest BCUT2D eigenvalue weighted by Crippen LogP contribution is -2.14. The molecule has 1 aromatic carbocycles. The number of halogens is 3. The van der Waals surface area contributed by atoms with E-state index in [-0.39, 0.29) is 5.56 Å². The third-order valence-electron chi connectivity index (χ3n) is 1.38. The summed E-state index contributed by atoms with van der Waals surface area (Å²) in [5, 5.41) is 0.362. The topological polar surface area (TPSA) is 17.1 Å². The van der Waals surface area contributed by atoms with Crippen molar-refractivity contribution in [3.05, 3.63) is 34.9 Å². The van der Waals surface area contributed by atoms with Gasteiger partial charge in [0.15, 0.2) is 6.29 Å². The number of carbonyl (C=O) groups is 1.